The van der Waals surface area contributed by atoms with Crippen molar-refractivity contribution >= 4 is 6.09 Å². The molecule has 1 amide bonds. The maximum Gasteiger partial charge on any atom is 0.410 e. The Morgan fingerprint density at radius 3 is 2.18 bits per heavy atom. The van der Waals surface area contributed by atoms with Crippen LogP contribution in [0.3, 0.4) is 0 Å². The van der Waals surface area contributed by atoms with Crippen molar-refractivity contribution in [2.24, 2.45) is 0 Å². The summed E-state index contributed by atoms with van der Waals surface area (Å²) in [6, 6.07) is 16.4. The molecule has 0 bridgehead atoms. The average molecular weight is 293 g/mol. The first-order valence-electron chi connectivity index (χ1n) is 7.41. The fourth-order valence-electron chi connectivity index (χ4n) is 3.14. The third-order valence-electron chi connectivity index (χ3n) is 4.10. The molecule has 22 heavy (non-hydrogen) atoms. The molecule has 112 valence electrons. The van der Waals surface area contributed by atoms with E-state index in [4.69, 9.17) is 4.74 Å². The summed E-state index contributed by atoms with van der Waals surface area (Å²) in [6.45, 7) is 4.34. The van der Waals surface area contributed by atoms with E-state index in [0.717, 1.165) is 17.5 Å². The van der Waals surface area contributed by atoms with Gasteiger partial charge in [0.1, 0.15) is 0 Å². The zero-order valence-electron chi connectivity index (χ0n) is 12.7. The molecule has 0 spiro atoms. The van der Waals surface area contributed by atoms with Gasteiger partial charge >= 0.3 is 6.09 Å². The Bertz CT molecular complexity index is 663. The molecular formula is C19H19NO2. The van der Waals surface area contributed by atoms with Crippen molar-refractivity contribution in [1.29, 1.82) is 0 Å². The first-order valence-corrected chi connectivity index (χ1v) is 7.41. The van der Waals surface area contributed by atoms with Crippen LogP contribution in [0.1, 0.15) is 23.6 Å². The molecule has 0 unspecified atom stereocenters. The summed E-state index contributed by atoms with van der Waals surface area (Å²) in [6.07, 6.45) is 2.25. The van der Waals surface area contributed by atoms with E-state index in [9.17, 15) is 4.79 Å². The number of rotatable bonds is 4. The average Bonchev–Trinajstić information content (AvgIpc) is 2.90. The van der Waals surface area contributed by atoms with Crippen LogP contribution in [0.4, 0.5) is 4.79 Å². The van der Waals surface area contributed by atoms with Crippen LogP contribution >= 0.6 is 0 Å². The van der Waals surface area contributed by atoms with Gasteiger partial charge in [0.05, 0.1) is 13.2 Å². The summed E-state index contributed by atoms with van der Waals surface area (Å²) in [4.78, 5) is 14.1. The molecule has 0 aliphatic heterocycles. The van der Waals surface area contributed by atoms with Gasteiger partial charge in [0, 0.05) is 6.54 Å². The van der Waals surface area contributed by atoms with E-state index >= 15 is 0 Å². The van der Waals surface area contributed by atoms with Crippen molar-refractivity contribution in [1.82, 2.24) is 4.90 Å². The summed E-state index contributed by atoms with van der Waals surface area (Å²) in [5, 5.41) is 0. The fraction of sp³-hybridized carbons (Fsp3) is 0.211. The van der Waals surface area contributed by atoms with Gasteiger partial charge in [-0.2, -0.15) is 0 Å². The van der Waals surface area contributed by atoms with Gasteiger partial charge in [-0.3, -0.25) is 4.90 Å². The number of carbonyl (C=O) groups excluding carboxylic acids is 1. The third-order valence-corrected chi connectivity index (χ3v) is 4.10. The van der Waals surface area contributed by atoms with Crippen LogP contribution in [-0.2, 0) is 4.74 Å². The molecular weight excluding hydrogens is 274 g/mol. The molecule has 2 aromatic rings. The molecule has 0 N–H and O–H groups in total. The van der Waals surface area contributed by atoms with E-state index in [0.29, 0.717) is 6.54 Å². The number of nitrogens with zero attached hydrogens (tertiary/aromatic N) is 1. The van der Waals surface area contributed by atoms with Crippen LogP contribution in [0, 0.1) is 0 Å². The number of hydrogen-bond acceptors (Lipinski definition) is 2. The van der Waals surface area contributed by atoms with Crippen molar-refractivity contribution in [2.75, 3.05) is 13.7 Å². The zero-order valence-corrected chi connectivity index (χ0v) is 12.7. The van der Waals surface area contributed by atoms with Crippen molar-refractivity contribution in [3.8, 4) is 11.1 Å². The number of fused-ring (bicyclic) bond motifs is 3. The fourth-order valence-corrected chi connectivity index (χ4v) is 3.14. The maximum absolute atomic E-state index is 12.3. The molecule has 1 aliphatic rings. The highest BCUT2D eigenvalue weighted by atomic mass is 16.5. The smallest absolute Gasteiger partial charge is 0.410 e. The maximum atomic E-state index is 12.3. The molecule has 0 radical (unpaired) electrons. The van der Waals surface area contributed by atoms with E-state index < -0.39 is 0 Å². The second kappa shape index (κ2) is 6.06. The van der Waals surface area contributed by atoms with Crippen LogP contribution in [0.25, 0.3) is 11.1 Å². The monoisotopic (exact) mass is 293 g/mol. The lowest BCUT2D eigenvalue weighted by Gasteiger charge is -2.29. The van der Waals surface area contributed by atoms with Gasteiger partial charge in [-0.25, -0.2) is 4.79 Å². The normalized spacial score (nSPS) is 12.4. The van der Waals surface area contributed by atoms with Gasteiger partial charge in [-0.15, -0.1) is 6.58 Å². The molecule has 2 aromatic carbocycles. The lowest BCUT2D eigenvalue weighted by molar-refractivity contribution is 0.113. The Labute approximate surface area is 130 Å². The second-order valence-corrected chi connectivity index (χ2v) is 5.32. The Morgan fingerprint density at radius 2 is 1.68 bits per heavy atom. The van der Waals surface area contributed by atoms with Gasteiger partial charge in [0.25, 0.3) is 0 Å². The molecule has 0 heterocycles. The number of benzene rings is 2. The summed E-state index contributed by atoms with van der Waals surface area (Å²) >= 11 is 0. The quantitative estimate of drug-likeness (QED) is 0.782. The van der Waals surface area contributed by atoms with Crippen LogP contribution in [0.15, 0.2) is 61.2 Å². The van der Waals surface area contributed by atoms with Crippen LogP contribution in [0.2, 0.25) is 0 Å². The van der Waals surface area contributed by atoms with Crippen molar-refractivity contribution in [2.45, 2.75) is 12.5 Å². The number of amides is 1. The van der Waals surface area contributed by atoms with Gasteiger partial charge in [-0.05, 0) is 28.7 Å². The third kappa shape index (κ3) is 2.29. The predicted molar refractivity (Wildman–Crippen MR) is 87.6 cm³/mol. The standard InChI is InChI=1S/C19H19NO2/c1-3-4-13-20(19(21)22-2)18-16-11-7-5-9-14(16)15-10-6-8-12-17(15)18/h3,5-12,18H,1,4,13H2,2H3. The Morgan fingerprint density at radius 1 is 1.14 bits per heavy atom. The van der Waals surface area contributed by atoms with Crippen LogP contribution < -0.4 is 0 Å². The van der Waals surface area contributed by atoms with E-state index in [2.05, 4.69) is 30.8 Å². The Hall–Kier alpha value is -2.55. The van der Waals surface area contributed by atoms with Crippen molar-refractivity contribution < 1.29 is 9.53 Å². The first-order chi connectivity index (χ1) is 10.8. The van der Waals surface area contributed by atoms with Gasteiger partial charge < -0.3 is 4.74 Å². The molecule has 0 fully saturated rings. The minimum Gasteiger partial charge on any atom is -0.453 e. The summed E-state index contributed by atoms with van der Waals surface area (Å²) in [5.74, 6) is 0. The topological polar surface area (TPSA) is 29.5 Å². The van der Waals surface area contributed by atoms with Crippen LogP contribution in [0.5, 0.6) is 0 Å². The highest BCUT2D eigenvalue weighted by molar-refractivity contribution is 5.81. The van der Waals surface area contributed by atoms with Gasteiger partial charge in [0.15, 0.2) is 0 Å². The number of hydrogen-bond donors (Lipinski definition) is 0. The molecule has 0 aromatic heterocycles. The van der Waals surface area contributed by atoms with Crippen molar-refractivity contribution in [3.05, 3.63) is 72.3 Å². The van der Waals surface area contributed by atoms with E-state index in [1.165, 1.54) is 18.2 Å². The SMILES string of the molecule is C=CCCN(C(=O)OC)C1c2ccccc2-c2ccccc21. The molecule has 0 atom stereocenters. The summed E-state index contributed by atoms with van der Waals surface area (Å²) in [7, 11) is 1.43. The highest BCUT2D eigenvalue weighted by Crippen LogP contribution is 2.46. The van der Waals surface area contributed by atoms with E-state index in [-0.39, 0.29) is 12.1 Å². The predicted octanol–water partition coefficient (Wildman–Crippen LogP) is 4.40. The molecule has 3 nitrogen and oxygen atoms in total. The molecule has 3 heteroatoms. The first kappa shape index (κ1) is 14.4. The largest absolute Gasteiger partial charge is 0.453 e. The number of methoxy groups -OCH3 is 1. The molecule has 0 saturated heterocycles. The van der Waals surface area contributed by atoms with Gasteiger partial charge in [-0.1, -0.05) is 54.6 Å². The second-order valence-electron chi connectivity index (χ2n) is 5.32. The Kier molecular flexibility index (Phi) is 3.96. The molecule has 3 rings (SSSR count). The lowest BCUT2D eigenvalue weighted by Crippen LogP contribution is -2.35. The minimum atomic E-state index is -0.307. The minimum absolute atomic E-state index is 0.0974. The molecule has 0 saturated carbocycles. The van der Waals surface area contributed by atoms with E-state index in [1.54, 1.807) is 4.90 Å². The summed E-state index contributed by atoms with van der Waals surface area (Å²) in [5.41, 5.74) is 4.68. The zero-order chi connectivity index (χ0) is 15.5. The summed E-state index contributed by atoms with van der Waals surface area (Å²) < 4.78 is 5.00. The highest BCUT2D eigenvalue weighted by Gasteiger charge is 2.35. The van der Waals surface area contributed by atoms with Crippen molar-refractivity contribution in [3.63, 3.8) is 0 Å². The van der Waals surface area contributed by atoms with Gasteiger partial charge in [0.2, 0.25) is 0 Å². The Balaban J connectivity index is 2.11. The van der Waals surface area contributed by atoms with Crippen LogP contribution in [-0.4, -0.2) is 24.6 Å². The number of carbonyl (C=O) groups is 1. The lowest BCUT2D eigenvalue weighted by atomic mass is 10.0. The molecule has 1 aliphatic carbocycles. The number of ether oxygens (including phenoxy) is 1. The van der Waals surface area contributed by atoms with E-state index in [1.807, 2.05) is 30.3 Å².